The Hall–Kier alpha value is -1.93. The van der Waals surface area contributed by atoms with Crippen LogP contribution < -0.4 is 14.9 Å². The summed E-state index contributed by atoms with van der Waals surface area (Å²) in [5.74, 6) is 0.389. The molecule has 0 spiro atoms. The lowest BCUT2D eigenvalue weighted by Crippen LogP contribution is -2.04. The first kappa shape index (κ1) is 16.4. The average Bonchev–Trinajstić information content (AvgIpc) is 2.86. The third kappa shape index (κ3) is 4.28. The molecule has 0 radical (unpaired) electrons. The molecule has 0 aliphatic carbocycles. The van der Waals surface area contributed by atoms with E-state index in [4.69, 9.17) is 9.47 Å². The Morgan fingerprint density at radius 1 is 1.45 bits per heavy atom. The molecule has 8 heteroatoms. The predicted octanol–water partition coefficient (Wildman–Crippen LogP) is 3.59. The van der Waals surface area contributed by atoms with Crippen LogP contribution in [0.5, 0.6) is 11.5 Å². The molecule has 2 rings (SSSR count). The number of hydrogen-bond donors (Lipinski definition) is 1. The number of methoxy groups -OCH3 is 1. The smallest absolute Gasteiger partial charge is 0.308 e. The fraction of sp³-hybridized carbons (Fsp3) is 0.214. The molecule has 0 amide bonds. The summed E-state index contributed by atoms with van der Waals surface area (Å²) >= 11 is 4.89. The van der Waals surface area contributed by atoms with E-state index in [2.05, 4.69) is 31.4 Å². The average molecular weight is 384 g/mol. The van der Waals surface area contributed by atoms with E-state index in [1.807, 2.05) is 12.3 Å². The quantitative estimate of drug-likeness (QED) is 0.369. The lowest BCUT2D eigenvalue weighted by molar-refractivity contribution is -0.132. The van der Waals surface area contributed by atoms with E-state index < -0.39 is 5.97 Å². The number of carbonyl (C=O) groups excluding carboxylic acids is 1. The van der Waals surface area contributed by atoms with E-state index in [1.54, 1.807) is 18.3 Å². The van der Waals surface area contributed by atoms with Crippen LogP contribution in [0.25, 0.3) is 0 Å². The van der Waals surface area contributed by atoms with Crippen LogP contribution in [-0.4, -0.2) is 24.3 Å². The van der Waals surface area contributed by atoms with Crippen molar-refractivity contribution in [3.63, 3.8) is 0 Å². The summed E-state index contributed by atoms with van der Waals surface area (Å²) < 4.78 is 11.0. The molecule has 0 saturated carbocycles. The third-order valence-electron chi connectivity index (χ3n) is 2.52. The summed E-state index contributed by atoms with van der Waals surface area (Å²) in [5.41, 5.74) is 4.57. The number of thiazole rings is 1. The predicted molar refractivity (Wildman–Crippen MR) is 90.1 cm³/mol. The SMILES string of the molecule is COc1cc(C=NNc2nc(C)cs2)c(Br)cc1OC(C)=O. The van der Waals surface area contributed by atoms with Crippen molar-refractivity contribution in [2.45, 2.75) is 13.8 Å². The Labute approximate surface area is 140 Å². The van der Waals surface area contributed by atoms with Gasteiger partial charge in [0.1, 0.15) is 0 Å². The maximum absolute atomic E-state index is 11.1. The van der Waals surface area contributed by atoms with Gasteiger partial charge in [0.05, 0.1) is 19.0 Å². The van der Waals surface area contributed by atoms with E-state index in [0.717, 1.165) is 15.7 Å². The first-order valence-corrected chi connectivity index (χ1v) is 7.94. The minimum Gasteiger partial charge on any atom is -0.493 e. The lowest BCUT2D eigenvalue weighted by atomic mass is 10.2. The molecule has 0 fully saturated rings. The Balaban J connectivity index is 2.18. The van der Waals surface area contributed by atoms with Gasteiger partial charge in [0.25, 0.3) is 0 Å². The number of nitrogens with one attached hydrogen (secondary N) is 1. The van der Waals surface area contributed by atoms with Gasteiger partial charge in [-0.15, -0.1) is 11.3 Å². The maximum Gasteiger partial charge on any atom is 0.308 e. The first-order chi connectivity index (χ1) is 10.5. The molecular weight excluding hydrogens is 370 g/mol. The highest BCUT2D eigenvalue weighted by molar-refractivity contribution is 9.10. The second kappa shape index (κ2) is 7.37. The Morgan fingerprint density at radius 2 is 2.23 bits per heavy atom. The number of benzene rings is 1. The van der Waals surface area contributed by atoms with Crippen molar-refractivity contribution >= 4 is 44.6 Å². The molecule has 1 heterocycles. The van der Waals surface area contributed by atoms with E-state index in [0.29, 0.717) is 16.6 Å². The molecule has 116 valence electrons. The largest absolute Gasteiger partial charge is 0.493 e. The minimum absolute atomic E-state index is 0.350. The van der Waals surface area contributed by atoms with Gasteiger partial charge in [0.2, 0.25) is 5.13 Å². The van der Waals surface area contributed by atoms with E-state index in [9.17, 15) is 4.79 Å². The molecule has 1 aromatic heterocycles. The summed E-state index contributed by atoms with van der Waals surface area (Å²) in [7, 11) is 1.51. The Morgan fingerprint density at radius 3 is 2.82 bits per heavy atom. The molecule has 0 unspecified atom stereocenters. The number of rotatable bonds is 5. The second-order valence-corrected chi connectivity index (χ2v) is 5.99. The molecular formula is C14H14BrN3O3S. The van der Waals surface area contributed by atoms with Gasteiger partial charge in [-0.3, -0.25) is 10.2 Å². The maximum atomic E-state index is 11.1. The lowest BCUT2D eigenvalue weighted by Gasteiger charge is -2.10. The van der Waals surface area contributed by atoms with Gasteiger partial charge in [0, 0.05) is 22.3 Å². The van der Waals surface area contributed by atoms with Crippen molar-refractivity contribution in [2.24, 2.45) is 5.10 Å². The van der Waals surface area contributed by atoms with Crippen LogP contribution >= 0.6 is 27.3 Å². The van der Waals surface area contributed by atoms with Crippen molar-refractivity contribution in [3.05, 3.63) is 33.2 Å². The molecule has 2 aromatic rings. The highest BCUT2D eigenvalue weighted by Gasteiger charge is 2.11. The standard InChI is InChI=1S/C14H14BrN3O3S/c1-8-7-22-14(17-8)18-16-6-10-4-12(20-3)13(5-11(10)15)21-9(2)19/h4-7H,1-3H3,(H,17,18). The summed E-state index contributed by atoms with van der Waals surface area (Å²) in [4.78, 5) is 15.3. The van der Waals surface area contributed by atoms with Crippen LogP contribution in [0.15, 0.2) is 27.1 Å². The summed E-state index contributed by atoms with van der Waals surface area (Å²) in [5, 5.41) is 6.78. The van der Waals surface area contributed by atoms with Crippen molar-refractivity contribution < 1.29 is 14.3 Å². The van der Waals surface area contributed by atoms with Gasteiger partial charge in [-0.05, 0) is 35.0 Å². The Kier molecular flexibility index (Phi) is 5.51. The number of anilines is 1. The molecule has 22 heavy (non-hydrogen) atoms. The van der Waals surface area contributed by atoms with Crippen LogP contribution in [-0.2, 0) is 4.79 Å². The molecule has 0 saturated heterocycles. The van der Waals surface area contributed by atoms with Gasteiger partial charge in [-0.1, -0.05) is 0 Å². The highest BCUT2D eigenvalue weighted by atomic mass is 79.9. The van der Waals surface area contributed by atoms with Crippen molar-refractivity contribution in [3.8, 4) is 11.5 Å². The van der Waals surface area contributed by atoms with E-state index in [-0.39, 0.29) is 0 Å². The molecule has 0 aliphatic heterocycles. The number of ether oxygens (including phenoxy) is 2. The normalized spacial score (nSPS) is 10.7. The fourth-order valence-corrected chi connectivity index (χ4v) is 2.67. The molecule has 1 aromatic carbocycles. The third-order valence-corrected chi connectivity index (χ3v) is 4.07. The Bertz CT molecular complexity index is 715. The summed E-state index contributed by atoms with van der Waals surface area (Å²) in [6, 6.07) is 3.38. The number of halogens is 1. The number of carbonyl (C=O) groups is 1. The van der Waals surface area contributed by atoms with Crippen LogP contribution in [0.1, 0.15) is 18.2 Å². The van der Waals surface area contributed by atoms with Gasteiger partial charge in [0.15, 0.2) is 11.5 Å². The molecule has 6 nitrogen and oxygen atoms in total. The zero-order valence-corrected chi connectivity index (χ0v) is 14.6. The zero-order chi connectivity index (χ0) is 16.1. The molecule has 0 atom stereocenters. The summed E-state index contributed by atoms with van der Waals surface area (Å²) in [6.07, 6.45) is 1.63. The molecule has 0 bridgehead atoms. The fourth-order valence-electron chi connectivity index (χ4n) is 1.61. The number of hydrazone groups is 1. The second-order valence-electron chi connectivity index (χ2n) is 4.28. The molecule has 0 aliphatic rings. The topological polar surface area (TPSA) is 72.8 Å². The van der Waals surface area contributed by atoms with E-state index in [1.165, 1.54) is 25.4 Å². The summed E-state index contributed by atoms with van der Waals surface area (Å²) in [6.45, 7) is 3.25. The number of esters is 1. The van der Waals surface area contributed by atoms with Gasteiger partial charge >= 0.3 is 5.97 Å². The van der Waals surface area contributed by atoms with Crippen LogP contribution in [0, 0.1) is 6.92 Å². The van der Waals surface area contributed by atoms with Crippen molar-refractivity contribution in [2.75, 3.05) is 12.5 Å². The van der Waals surface area contributed by atoms with Crippen LogP contribution in [0.2, 0.25) is 0 Å². The number of aryl methyl sites for hydroxylation is 1. The number of aromatic nitrogens is 1. The van der Waals surface area contributed by atoms with Crippen LogP contribution in [0.3, 0.4) is 0 Å². The molecule has 1 N–H and O–H groups in total. The van der Waals surface area contributed by atoms with Crippen molar-refractivity contribution in [1.82, 2.24) is 4.98 Å². The van der Waals surface area contributed by atoms with Crippen LogP contribution in [0.4, 0.5) is 5.13 Å². The first-order valence-electron chi connectivity index (χ1n) is 6.26. The van der Waals surface area contributed by atoms with E-state index >= 15 is 0 Å². The zero-order valence-electron chi connectivity index (χ0n) is 12.2. The van der Waals surface area contributed by atoms with Gasteiger partial charge < -0.3 is 9.47 Å². The van der Waals surface area contributed by atoms with Gasteiger partial charge in [-0.2, -0.15) is 5.10 Å². The van der Waals surface area contributed by atoms with Crippen molar-refractivity contribution in [1.29, 1.82) is 0 Å². The van der Waals surface area contributed by atoms with Gasteiger partial charge in [-0.25, -0.2) is 4.98 Å². The highest BCUT2D eigenvalue weighted by Crippen LogP contribution is 2.33. The number of nitrogens with zero attached hydrogens (tertiary/aromatic N) is 2. The minimum atomic E-state index is -0.410. The number of hydrogen-bond acceptors (Lipinski definition) is 7. The monoisotopic (exact) mass is 383 g/mol.